The summed E-state index contributed by atoms with van der Waals surface area (Å²) < 4.78 is 5.64. The standard InChI is InChI=1S/C14H30N2O/c1-5-8-15-10-14(7-9-17-12-14)11-16(4)13(3)6-2/h13,15H,5-12H2,1-4H3. The van der Waals surface area contributed by atoms with Gasteiger partial charge in [-0.2, -0.15) is 0 Å². The summed E-state index contributed by atoms with van der Waals surface area (Å²) in [4.78, 5) is 2.49. The van der Waals surface area contributed by atoms with E-state index in [4.69, 9.17) is 4.74 Å². The van der Waals surface area contributed by atoms with Crippen molar-refractivity contribution in [3.05, 3.63) is 0 Å². The van der Waals surface area contributed by atoms with Gasteiger partial charge < -0.3 is 15.0 Å². The summed E-state index contributed by atoms with van der Waals surface area (Å²) in [6, 6.07) is 0.665. The molecule has 3 heteroatoms. The molecule has 0 aromatic carbocycles. The molecule has 3 nitrogen and oxygen atoms in total. The van der Waals surface area contributed by atoms with Crippen LogP contribution in [0.1, 0.15) is 40.0 Å². The molecule has 1 rings (SSSR count). The van der Waals surface area contributed by atoms with Gasteiger partial charge in [0.25, 0.3) is 0 Å². The highest BCUT2D eigenvalue weighted by Crippen LogP contribution is 2.29. The Morgan fingerprint density at radius 2 is 2.18 bits per heavy atom. The van der Waals surface area contributed by atoms with E-state index < -0.39 is 0 Å². The van der Waals surface area contributed by atoms with Crippen molar-refractivity contribution in [1.29, 1.82) is 0 Å². The first-order valence-electron chi connectivity index (χ1n) is 7.12. The van der Waals surface area contributed by atoms with Gasteiger partial charge in [0.2, 0.25) is 0 Å². The molecule has 0 saturated carbocycles. The topological polar surface area (TPSA) is 24.5 Å². The van der Waals surface area contributed by atoms with E-state index in [1.165, 1.54) is 19.3 Å². The van der Waals surface area contributed by atoms with Crippen LogP contribution in [0, 0.1) is 5.41 Å². The van der Waals surface area contributed by atoms with E-state index in [0.29, 0.717) is 11.5 Å². The van der Waals surface area contributed by atoms with E-state index >= 15 is 0 Å². The average Bonchev–Trinajstić information content (AvgIpc) is 2.77. The van der Waals surface area contributed by atoms with Crippen molar-refractivity contribution in [2.45, 2.75) is 46.1 Å². The molecule has 0 radical (unpaired) electrons. The number of hydrogen-bond donors (Lipinski definition) is 1. The van der Waals surface area contributed by atoms with Crippen LogP contribution in [0.15, 0.2) is 0 Å². The SMILES string of the molecule is CCCNCC1(CN(C)C(C)CC)CCOC1. The van der Waals surface area contributed by atoms with Gasteiger partial charge in [0.05, 0.1) is 6.61 Å². The molecule has 102 valence electrons. The third-order valence-corrected chi connectivity index (χ3v) is 4.04. The van der Waals surface area contributed by atoms with Crippen LogP contribution in [-0.4, -0.2) is 50.8 Å². The third kappa shape index (κ3) is 4.57. The Balaban J connectivity index is 2.46. The quantitative estimate of drug-likeness (QED) is 0.660. The molecule has 17 heavy (non-hydrogen) atoms. The molecule has 1 N–H and O–H groups in total. The Morgan fingerprint density at radius 1 is 1.41 bits per heavy atom. The van der Waals surface area contributed by atoms with Crippen LogP contribution in [0.3, 0.4) is 0 Å². The summed E-state index contributed by atoms with van der Waals surface area (Å²) in [6.45, 7) is 12.0. The summed E-state index contributed by atoms with van der Waals surface area (Å²) in [6.07, 6.45) is 3.62. The van der Waals surface area contributed by atoms with Gasteiger partial charge in [-0.05, 0) is 39.8 Å². The maximum absolute atomic E-state index is 5.64. The second kappa shape index (κ2) is 7.34. The second-order valence-corrected chi connectivity index (χ2v) is 5.65. The van der Waals surface area contributed by atoms with Crippen LogP contribution in [0.25, 0.3) is 0 Å². The van der Waals surface area contributed by atoms with E-state index in [1.54, 1.807) is 0 Å². The normalized spacial score (nSPS) is 26.6. The Hall–Kier alpha value is -0.120. The third-order valence-electron chi connectivity index (χ3n) is 4.04. The van der Waals surface area contributed by atoms with Crippen LogP contribution in [0.5, 0.6) is 0 Å². The lowest BCUT2D eigenvalue weighted by atomic mass is 9.86. The predicted octanol–water partition coefficient (Wildman–Crippen LogP) is 2.12. The highest BCUT2D eigenvalue weighted by atomic mass is 16.5. The fourth-order valence-corrected chi connectivity index (χ4v) is 2.50. The van der Waals surface area contributed by atoms with Crippen molar-refractivity contribution in [2.24, 2.45) is 5.41 Å². The molecule has 0 amide bonds. The van der Waals surface area contributed by atoms with Crippen LogP contribution in [-0.2, 0) is 4.74 Å². The maximum atomic E-state index is 5.64. The minimum Gasteiger partial charge on any atom is -0.381 e. The summed E-state index contributed by atoms with van der Waals surface area (Å²) in [5.74, 6) is 0. The molecule has 2 atom stereocenters. The van der Waals surface area contributed by atoms with Crippen LogP contribution in [0.2, 0.25) is 0 Å². The minimum absolute atomic E-state index is 0.341. The van der Waals surface area contributed by atoms with Gasteiger partial charge in [0, 0.05) is 31.2 Å². The van der Waals surface area contributed by atoms with Crippen molar-refractivity contribution < 1.29 is 4.74 Å². The van der Waals surface area contributed by atoms with Crippen molar-refractivity contribution in [2.75, 3.05) is 39.9 Å². The zero-order valence-electron chi connectivity index (χ0n) is 12.1. The largest absolute Gasteiger partial charge is 0.381 e. The summed E-state index contributed by atoms with van der Waals surface area (Å²) >= 11 is 0. The maximum Gasteiger partial charge on any atom is 0.0547 e. The lowest BCUT2D eigenvalue weighted by Gasteiger charge is -2.35. The first-order chi connectivity index (χ1) is 8.13. The lowest BCUT2D eigenvalue weighted by Crippen LogP contribution is -2.46. The smallest absolute Gasteiger partial charge is 0.0547 e. The van der Waals surface area contributed by atoms with Gasteiger partial charge in [-0.25, -0.2) is 0 Å². The van der Waals surface area contributed by atoms with E-state index in [2.05, 4.69) is 38.0 Å². The first-order valence-corrected chi connectivity index (χ1v) is 7.12. The minimum atomic E-state index is 0.341. The zero-order chi connectivity index (χ0) is 12.7. The number of hydrogen-bond acceptors (Lipinski definition) is 3. The molecule has 0 spiro atoms. The Labute approximate surface area is 107 Å². The van der Waals surface area contributed by atoms with Gasteiger partial charge in [-0.15, -0.1) is 0 Å². The first kappa shape index (κ1) is 14.9. The van der Waals surface area contributed by atoms with Crippen molar-refractivity contribution in [1.82, 2.24) is 10.2 Å². The highest BCUT2D eigenvalue weighted by molar-refractivity contribution is 4.88. The Bertz CT molecular complexity index is 202. The van der Waals surface area contributed by atoms with Gasteiger partial charge in [-0.3, -0.25) is 0 Å². The van der Waals surface area contributed by atoms with E-state index in [9.17, 15) is 0 Å². The monoisotopic (exact) mass is 242 g/mol. The molecule has 1 aliphatic rings. The van der Waals surface area contributed by atoms with Crippen molar-refractivity contribution >= 4 is 0 Å². The molecule has 1 fully saturated rings. The predicted molar refractivity (Wildman–Crippen MR) is 73.4 cm³/mol. The molecular weight excluding hydrogens is 212 g/mol. The van der Waals surface area contributed by atoms with E-state index in [0.717, 1.165) is 32.8 Å². The van der Waals surface area contributed by atoms with Crippen LogP contribution in [0.4, 0.5) is 0 Å². The number of nitrogens with one attached hydrogen (secondary N) is 1. The van der Waals surface area contributed by atoms with Gasteiger partial charge in [0.15, 0.2) is 0 Å². The molecule has 0 bridgehead atoms. The Morgan fingerprint density at radius 3 is 2.71 bits per heavy atom. The molecule has 1 heterocycles. The lowest BCUT2D eigenvalue weighted by molar-refractivity contribution is 0.103. The average molecular weight is 242 g/mol. The molecule has 0 aliphatic carbocycles. The number of ether oxygens (including phenoxy) is 1. The number of nitrogens with zero attached hydrogens (tertiary/aromatic N) is 1. The number of rotatable bonds is 8. The molecule has 2 unspecified atom stereocenters. The molecule has 0 aromatic heterocycles. The fraction of sp³-hybridized carbons (Fsp3) is 1.00. The van der Waals surface area contributed by atoms with Crippen molar-refractivity contribution in [3.63, 3.8) is 0 Å². The van der Waals surface area contributed by atoms with E-state index in [1.807, 2.05) is 0 Å². The Kier molecular flexibility index (Phi) is 6.45. The zero-order valence-corrected chi connectivity index (χ0v) is 12.1. The molecule has 1 saturated heterocycles. The summed E-state index contributed by atoms with van der Waals surface area (Å²) in [5, 5.41) is 3.57. The second-order valence-electron chi connectivity index (χ2n) is 5.65. The van der Waals surface area contributed by atoms with Crippen LogP contribution >= 0.6 is 0 Å². The molecular formula is C14H30N2O. The van der Waals surface area contributed by atoms with Crippen molar-refractivity contribution in [3.8, 4) is 0 Å². The van der Waals surface area contributed by atoms with Gasteiger partial charge in [-0.1, -0.05) is 13.8 Å². The summed E-state index contributed by atoms with van der Waals surface area (Å²) in [5.41, 5.74) is 0.341. The van der Waals surface area contributed by atoms with E-state index in [-0.39, 0.29) is 0 Å². The van der Waals surface area contributed by atoms with Crippen LogP contribution < -0.4 is 5.32 Å². The molecule has 1 aliphatic heterocycles. The van der Waals surface area contributed by atoms with Gasteiger partial charge in [0.1, 0.15) is 0 Å². The highest BCUT2D eigenvalue weighted by Gasteiger charge is 2.36. The van der Waals surface area contributed by atoms with Gasteiger partial charge >= 0.3 is 0 Å². The summed E-state index contributed by atoms with van der Waals surface area (Å²) in [7, 11) is 2.24. The molecule has 0 aromatic rings. The fourth-order valence-electron chi connectivity index (χ4n) is 2.50.